The molecule has 4 N–H and O–H groups in total. The van der Waals surface area contributed by atoms with Crippen molar-refractivity contribution in [3.05, 3.63) is 65.0 Å². The predicted octanol–water partition coefficient (Wildman–Crippen LogP) is 1.53. The van der Waals surface area contributed by atoms with Crippen LogP contribution >= 0.6 is 0 Å². The van der Waals surface area contributed by atoms with Gasteiger partial charge in [0.2, 0.25) is 11.3 Å². The van der Waals surface area contributed by atoms with Crippen molar-refractivity contribution in [2.45, 2.75) is 6.54 Å². The highest BCUT2D eigenvalue weighted by molar-refractivity contribution is 5.93. The highest BCUT2D eigenvalue weighted by atomic mass is 16.2. The summed E-state index contributed by atoms with van der Waals surface area (Å²) in [5, 5.41) is 9.66. The van der Waals surface area contributed by atoms with Gasteiger partial charge in [-0.2, -0.15) is 5.10 Å². The number of anilines is 2. The zero-order valence-corrected chi connectivity index (χ0v) is 13.1. The molecule has 0 bridgehead atoms. The number of rotatable bonds is 4. The van der Waals surface area contributed by atoms with Gasteiger partial charge in [-0.15, -0.1) is 0 Å². The van der Waals surface area contributed by atoms with Crippen LogP contribution in [0.15, 0.2) is 59.5 Å². The van der Waals surface area contributed by atoms with Crippen molar-refractivity contribution < 1.29 is 9.59 Å². The fourth-order valence-corrected chi connectivity index (χ4v) is 2.44. The van der Waals surface area contributed by atoms with Gasteiger partial charge in [0.05, 0.1) is 11.7 Å². The maximum atomic E-state index is 12.3. The molecule has 0 aliphatic rings. The Labute approximate surface area is 142 Å². The summed E-state index contributed by atoms with van der Waals surface area (Å²) in [6.07, 6.45) is 1.19. The minimum atomic E-state index is -0.688. The molecular weight excluding hydrogens is 322 g/mol. The first-order valence-corrected chi connectivity index (χ1v) is 7.44. The Hall–Kier alpha value is -3.68. The van der Waals surface area contributed by atoms with Gasteiger partial charge in [-0.05, 0) is 30.3 Å². The third-order valence-electron chi connectivity index (χ3n) is 3.47. The van der Waals surface area contributed by atoms with Gasteiger partial charge < -0.3 is 16.4 Å². The van der Waals surface area contributed by atoms with E-state index in [0.29, 0.717) is 22.3 Å². The number of fused-ring (bicyclic) bond motifs is 1. The Kier molecular flexibility index (Phi) is 4.42. The first-order chi connectivity index (χ1) is 12.0. The van der Waals surface area contributed by atoms with Crippen LogP contribution in [0.5, 0.6) is 0 Å². The number of nitrogens with two attached hydrogens (primary N) is 1. The van der Waals surface area contributed by atoms with Crippen molar-refractivity contribution in [1.29, 1.82) is 0 Å². The standard InChI is InChI=1S/C17H15N5O3/c18-17(25)21-12-5-3-4-11(8-12)20-16(24)10-22-14-7-2-1-6-13(14)15(23)9-19-22/h1-9H,10H2,(H,20,24)(H3,18,21,25). The number of urea groups is 1. The molecule has 8 heteroatoms. The Morgan fingerprint density at radius 2 is 1.76 bits per heavy atom. The fourth-order valence-electron chi connectivity index (χ4n) is 2.44. The molecule has 0 saturated carbocycles. The summed E-state index contributed by atoms with van der Waals surface area (Å²) in [5.41, 5.74) is 6.42. The van der Waals surface area contributed by atoms with E-state index < -0.39 is 6.03 Å². The number of carbonyl (C=O) groups excluding carboxylic acids is 2. The number of hydrogen-bond acceptors (Lipinski definition) is 4. The molecule has 0 aliphatic heterocycles. The molecule has 0 aliphatic carbocycles. The largest absolute Gasteiger partial charge is 0.351 e. The second-order valence-electron chi connectivity index (χ2n) is 5.30. The number of primary amides is 1. The van der Waals surface area contributed by atoms with Crippen molar-refractivity contribution in [1.82, 2.24) is 9.78 Å². The Morgan fingerprint density at radius 3 is 2.52 bits per heavy atom. The lowest BCUT2D eigenvalue weighted by Gasteiger charge is -2.10. The van der Waals surface area contributed by atoms with E-state index in [1.54, 1.807) is 48.5 Å². The van der Waals surface area contributed by atoms with Crippen molar-refractivity contribution in [3.8, 4) is 0 Å². The van der Waals surface area contributed by atoms with Crippen LogP contribution in [-0.2, 0) is 11.3 Å². The van der Waals surface area contributed by atoms with Gasteiger partial charge >= 0.3 is 6.03 Å². The topological polar surface area (TPSA) is 119 Å². The molecule has 1 heterocycles. The molecule has 126 valence electrons. The molecule has 3 amide bonds. The molecule has 0 saturated heterocycles. The molecule has 25 heavy (non-hydrogen) atoms. The smallest absolute Gasteiger partial charge is 0.316 e. The zero-order valence-electron chi connectivity index (χ0n) is 13.1. The first-order valence-electron chi connectivity index (χ1n) is 7.44. The predicted molar refractivity (Wildman–Crippen MR) is 94.3 cm³/mol. The lowest BCUT2D eigenvalue weighted by atomic mass is 10.2. The minimum absolute atomic E-state index is 0.0612. The van der Waals surface area contributed by atoms with E-state index in [-0.39, 0.29) is 17.9 Å². The number of aromatic nitrogens is 2. The number of para-hydroxylation sites is 1. The summed E-state index contributed by atoms with van der Waals surface area (Å²) in [6.45, 7) is -0.0612. The Bertz CT molecular complexity index is 1010. The van der Waals surface area contributed by atoms with Crippen LogP contribution in [0.4, 0.5) is 16.2 Å². The lowest BCUT2D eigenvalue weighted by molar-refractivity contribution is -0.116. The zero-order chi connectivity index (χ0) is 17.8. The van der Waals surface area contributed by atoms with E-state index in [4.69, 9.17) is 5.73 Å². The van der Waals surface area contributed by atoms with Crippen LogP contribution in [0.3, 0.4) is 0 Å². The second-order valence-corrected chi connectivity index (χ2v) is 5.30. The second kappa shape index (κ2) is 6.83. The number of carbonyl (C=O) groups is 2. The van der Waals surface area contributed by atoms with E-state index in [1.807, 2.05) is 0 Å². The normalized spacial score (nSPS) is 10.4. The van der Waals surface area contributed by atoms with Gasteiger partial charge in [0.1, 0.15) is 6.54 Å². The molecule has 3 rings (SSSR count). The first kappa shape index (κ1) is 16.2. The van der Waals surface area contributed by atoms with Gasteiger partial charge in [-0.25, -0.2) is 4.79 Å². The number of amides is 3. The summed E-state index contributed by atoms with van der Waals surface area (Å²) >= 11 is 0. The van der Waals surface area contributed by atoms with Crippen molar-refractivity contribution in [3.63, 3.8) is 0 Å². The molecule has 0 fully saturated rings. The SMILES string of the molecule is NC(=O)Nc1cccc(NC(=O)Cn2ncc(=O)c3ccccc32)c1. The van der Waals surface area contributed by atoms with Crippen LogP contribution < -0.4 is 21.8 Å². The number of nitrogens with one attached hydrogen (secondary N) is 2. The molecule has 1 aromatic heterocycles. The van der Waals surface area contributed by atoms with Crippen LogP contribution in [0.1, 0.15) is 0 Å². The number of hydrogen-bond donors (Lipinski definition) is 3. The van der Waals surface area contributed by atoms with Crippen LogP contribution in [0, 0.1) is 0 Å². The highest BCUT2D eigenvalue weighted by Crippen LogP contribution is 2.15. The van der Waals surface area contributed by atoms with Crippen molar-refractivity contribution in [2.75, 3.05) is 10.6 Å². The molecule has 3 aromatic rings. The van der Waals surface area contributed by atoms with Gasteiger partial charge in [0.25, 0.3) is 0 Å². The van der Waals surface area contributed by atoms with E-state index >= 15 is 0 Å². The monoisotopic (exact) mass is 337 g/mol. The van der Waals surface area contributed by atoms with Crippen molar-refractivity contribution >= 4 is 34.2 Å². The molecule has 0 atom stereocenters. The van der Waals surface area contributed by atoms with Gasteiger partial charge in [0.15, 0.2) is 0 Å². The van der Waals surface area contributed by atoms with Gasteiger partial charge in [0, 0.05) is 16.8 Å². The molecular formula is C17H15N5O3. The van der Waals surface area contributed by atoms with Gasteiger partial charge in [-0.3, -0.25) is 14.3 Å². The molecule has 8 nitrogen and oxygen atoms in total. The molecule has 0 radical (unpaired) electrons. The Morgan fingerprint density at radius 1 is 1.04 bits per heavy atom. The fraction of sp³-hybridized carbons (Fsp3) is 0.0588. The molecule has 0 unspecified atom stereocenters. The van der Waals surface area contributed by atoms with Crippen LogP contribution in [-0.4, -0.2) is 21.7 Å². The summed E-state index contributed by atoms with van der Waals surface area (Å²) in [4.78, 5) is 35.0. The van der Waals surface area contributed by atoms with E-state index in [2.05, 4.69) is 15.7 Å². The van der Waals surface area contributed by atoms with Crippen LogP contribution in [0.25, 0.3) is 10.9 Å². The maximum absolute atomic E-state index is 12.3. The number of benzene rings is 2. The average molecular weight is 337 g/mol. The summed E-state index contributed by atoms with van der Waals surface area (Å²) < 4.78 is 1.46. The third-order valence-corrected chi connectivity index (χ3v) is 3.47. The highest BCUT2D eigenvalue weighted by Gasteiger charge is 2.09. The minimum Gasteiger partial charge on any atom is -0.351 e. The maximum Gasteiger partial charge on any atom is 0.316 e. The van der Waals surface area contributed by atoms with E-state index in [1.165, 1.54) is 10.9 Å². The van der Waals surface area contributed by atoms with Gasteiger partial charge in [-0.1, -0.05) is 18.2 Å². The summed E-state index contributed by atoms with van der Waals surface area (Å²) in [7, 11) is 0. The van der Waals surface area contributed by atoms with E-state index in [0.717, 1.165) is 0 Å². The summed E-state index contributed by atoms with van der Waals surface area (Å²) in [5.74, 6) is -0.322. The quantitative estimate of drug-likeness (QED) is 0.668. The Balaban J connectivity index is 1.79. The van der Waals surface area contributed by atoms with Crippen molar-refractivity contribution in [2.24, 2.45) is 5.73 Å². The third kappa shape index (κ3) is 3.81. The average Bonchev–Trinajstić information content (AvgIpc) is 2.57. The number of nitrogens with zero attached hydrogens (tertiary/aromatic N) is 2. The molecule has 0 spiro atoms. The van der Waals surface area contributed by atoms with Crippen LogP contribution in [0.2, 0.25) is 0 Å². The summed E-state index contributed by atoms with van der Waals surface area (Å²) in [6, 6.07) is 12.8. The van der Waals surface area contributed by atoms with E-state index in [9.17, 15) is 14.4 Å². The molecule has 2 aromatic carbocycles. The lowest BCUT2D eigenvalue weighted by Crippen LogP contribution is -2.22.